The second-order valence-corrected chi connectivity index (χ2v) is 5.15. The van der Waals surface area contributed by atoms with Crippen molar-refractivity contribution in [2.45, 2.75) is 38.4 Å². The van der Waals surface area contributed by atoms with Crippen molar-refractivity contribution >= 4 is 5.97 Å². The monoisotopic (exact) mass is 302 g/mol. The molecule has 2 aliphatic rings. The Morgan fingerprint density at radius 3 is 2.19 bits per heavy atom. The van der Waals surface area contributed by atoms with Crippen LogP contribution in [0.4, 0.5) is 0 Å². The summed E-state index contributed by atoms with van der Waals surface area (Å²) in [5, 5.41) is 8.44. The van der Waals surface area contributed by atoms with E-state index in [0.717, 1.165) is 45.7 Å². The third kappa shape index (κ3) is 11.4. The number of carbonyl (C=O) groups excluding carboxylic acids is 1. The predicted octanol–water partition coefficient (Wildman–Crippen LogP) is 1.07. The van der Waals surface area contributed by atoms with E-state index >= 15 is 0 Å². The molecular weight excluding hydrogens is 276 g/mol. The first kappa shape index (κ1) is 18.1. The third-order valence-electron chi connectivity index (χ3n) is 2.80. The molecule has 122 valence electrons. The van der Waals surface area contributed by atoms with Gasteiger partial charge in [-0.3, -0.25) is 0 Å². The second kappa shape index (κ2) is 10.7. The molecule has 2 saturated heterocycles. The number of epoxide rings is 2. The molecule has 0 aromatic heterocycles. The average Bonchev–Trinajstić information content (AvgIpc) is 3.33. The first-order chi connectivity index (χ1) is 10.1. The van der Waals surface area contributed by atoms with Crippen molar-refractivity contribution in [1.29, 1.82) is 0 Å². The third-order valence-corrected chi connectivity index (χ3v) is 2.80. The maximum absolute atomic E-state index is 10.8. The lowest BCUT2D eigenvalue weighted by Gasteiger charge is -2.02. The van der Waals surface area contributed by atoms with Gasteiger partial charge in [0.1, 0.15) is 12.2 Å². The van der Waals surface area contributed by atoms with Crippen LogP contribution in [0, 0.1) is 0 Å². The first-order valence-electron chi connectivity index (χ1n) is 7.38. The molecular formula is C15H26O6. The van der Waals surface area contributed by atoms with Crippen LogP contribution in [0.1, 0.15) is 26.2 Å². The molecule has 2 aliphatic heterocycles. The molecule has 0 aromatic carbocycles. The van der Waals surface area contributed by atoms with E-state index in [1.807, 2.05) is 0 Å². The molecule has 2 heterocycles. The van der Waals surface area contributed by atoms with E-state index in [9.17, 15) is 4.79 Å². The number of aliphatic hydroxyl groups excluding tert-OH is 1. The zero-order chi connectivity index (χ0) is 15.5. The van der Waals surface area contributed by atoms with Crippen molar-refractivity contribution in [3.05, 3.63) is 12.2 Å². The molecule has 6 nitrogen and oxygen atoms in total. The summed E-state index contributed by atoms with van der Waals surface area (Å²) >= 11 is 0. The highest BCUT2D eigenvalue weighted by Gasteiger charge is 2.26. The van der Waals surface area contributed by atoms with E-state index < -0.39 is 0 Å². The molecule has 21 heavy (non-hydrogen) atoms. The van der Waals surface area contributed by atoms with E-state index in [-0.39, 0.29) is 12.6 Å². The Balaban J connectivity index is 0.000000216. The van der Waals surface area contributed by atoms with Gasteiger partial charge >= 0.3 is 5.97 Å². The summed E-state index contributed by atoms with van der Waals surface area (Å²) in [7, 11) is 0. The highest BCUT2D eigenvalue weighted by molar-refractivity contribution is 5.86. The zero-order valence-electron chi connectivity index (χ0n) is 12.7. The number of carbonyl (C=O) groups is 1. The highest BCUT2D eigenvalue weighted by atomic mass is 16.6. The Morgan fingerprint density at radius 1 is 1.19 bits per heavy atom. The maximum atomic E-state index is 10.8. The predicted molar refractivity (Wildman–Crippen MR) is 77.0 cm³/mol. The van der Waals surface area contributed by atoms with Gasteiger partial charge in [-0.1, -0.05) is 6.58 Å². The Kier molecular flexibility index (Phi) is 9.25. The summed E-state index contributed by atoms with van der Waals surface area (Å²) in [5.74, 6) is -0.334. The smallest absolute Gasteiger partial charge is 0.333 e. The minimum Gasteiger partial charge on any atom is -0.462 e. The lowest BCUT2D eigenvalue weighted by Crippen LogP contribution is -2.06. The van der Waals surface area contributed by atoms with Crippen LogP contribution in [-0.2, 0) is 23.7 Å². The van der Waals surface area contributed by atoms with Crippen molar-refractivity contribution in [1.82, 2.24) is 0 Å². The van der Waals surface area contributed by atoms with Crippen molar-refractivity contribution in [2.24, 2.45) is 0 Å². The SMILES string of the molecule is C(OCC1CO1)C1CO1.C=C(C)C(=O)OCCCCCO. The van der Waals surface area contributed by atoms with E-state index in [1.54, 1.807) is 6.92 Å². The molecule has 2 unspecified atom stereocenters. The molecule has 1 N–H and O–H groups in total. The number of ether oxygens (including phenoxy) is 4. The fourth-order valence-corrected chi connectivity index (χ4v) is 1.34. The van der Waals surface area contributed by atoms with Crippen LogP contribution in [0.3, 0.4) is 0 Å². The highest BCUT2D eigenvalue weighted by Crippen LogP contribution is 2.12. The fourth-order valence-electron chi connectivity index (χ4n) is 1.34. The van der Waals surface area contributed by atoms with Crippen LogP contribution in [0.2, 0.25) is 0 Å². The molecule has 0 bridgehead atoms. The Morgan fingerprint density at radius 2 is 1.76 bits per heavy atom. The minimum absolute atomic E-state index is 0.203. The number of hydrogen-bond donors (Lipinski definition) is 1. The normalized spacial score (nSPS) is 22.0. The number of rotatable bonds is 10. The van der Waals surface area contributed by atoms with Gasteiger partial charge in [-0.15, -0.1) is 0 Å². The Labute approximate surface area is 126 Å². The zero-order valence-corrected chi connectivity index (χ0v) is 12.7. The van der Waals surface area contributed by atoms with Gasteiger partial charge < -0.3 is 24.1 Å². The average molecular weight is 302 g/mol. The number of esters is 1. The van der Waals surface area contributed by atoms with Gasteiger partial charge in [-0.05, 0) is 26.2 Å². The maximum Gasteiger partial charge on any atom is 0.333 e. The second-order valence-electron chi connectivity index (χ2n) is 5.15. The van der Waals surface area contributed by atoms with Crippen LogP contribution in [0.15, 0.2) is 12.2 Å². The largest absolute Gasteiger partial charge is 0.462 e. The van der Waals surface area contributed by atoms with Gasteiger partial charge in [-0.2, -0.15) is 0 Å². The van der Waals surface area contributed by atoms with Crippen LogP contribution in [-0.4, -0.2) is 62.9 Å². The summed E-state index contributed by atoms with van der Waals surface area (Å²) in [6.07, 6.45) is 3.25. The van der Waals surface area contributed by atoms with Gasteiger partial charge in [0.2, 0.25) is 0 Å². The quantitative estimate of drug-likeness (QED) is 0.281. The molecule has 2 rings (SSSR count). The lowest BCUT2D eigenvalue weighted by atomic mass is 10.2. The molecule has 0 amide bonds. The van der Waals surface area contributed by atoms with Crippen molar-refractivity contribution in [3.63, 3.8) is 0 Å². The van der Waals surface area contributed by atoms with E-state index in [4.69, 9.17) is 24.1 Å². The summed E-state index contributed by atoms with van der Waals surface area (Å²) < 4.78 is 20.0. The Hall–Kier alpha value is -0.950. The van der Waals surface area contributed by atoms with Crippen LogP contribution < -0.4 is 0 Å². The number of unbranched alkanes of at least 4 members (excludes halogenated alkanes) is 2. The summed E-state index contributed by atoms with van der Waals surface area (Å²) in [6.45, 7) is 8.96. The Bertz CT molecular complexity index is 297. The van der Waals surface area contributed by atoms with Crippen LogP contribution >= 0.6 is 0 Å². The standard InChI is InChI=1S/C9H16O3.C6H10O3/c1-8(2)9(11)12-7-5-3-4-6-10;1(5-3-8-5)7-2-6-4-9-6/h10H,1,3-7H2,2H3;5-6H,1-4H2. The number of aliphatic hydroxyl groups is 1. The first-order valence-corrected chi connectivity index (χ1v) is 7.38. The summed E-state index contributed by atoms with van der Waals surface area (Å²) in [4.78, 5) is 10.8. The van der Waals surface area contributed by atoms with Gasteiger partial charge in [-0.25, -0.2) is 4.79 Å². The van der Waals surface area contributed by atoms with Gasteiger partial charge in [0.15, 0.2) is 0 Å². The molecule has 0 radical (unpaired) electrons. The summed E-state index contributed by atoms with van der Waals surface area (Å²) in [5.41, 5.74) is 0.428. The van der Waals surface area contributed by atoms with E-state index in [2.05, 4.69) is 6.58 Å². The molecule has 0 aliphatic carbocycles. The van der Waals surface area contributed by atoms with Crippen molar-refractivity contribution in [2.75, 3.05) is 39.6 Å². The van der Waals surface area contributed by atoms with Gasteiger partial charge in [0.25, 0.3) is 0 Å². The van der Waals surface area contributed by atoms with E-state index in [0.29, 0.717) is 24.4 Å². The molecule has 0 spiro atoms. The van der Waals surface area contributed by atoms with Gasteiger partial charge in [0, 0.05) is 12.2 Å². The topological polar surface area (TPSA) is 80.8 Å². The summed E-state index contributed by atoms with van der Waals surface area (Å²) in [6, 6.07) is 0. The molecule has 6 heteroatoms. The van der Waals surface area contributed by atoms with Crippen molar-refractivity contribution < 1.29 is 28.8 Å². The fraction of sp³-hybridized carbons (Fsp3) is 0.800. The van der Waals surface area contributed by atoms with Crippen LogP contribution in [0.25, 0.3) is 0 Å². The lowest BCUT2D eigenvalue weighted by molar-refractivity contribution is -0.139. The number of hydrogen-bond acceptors (Lipinski definition) is 6. The van der Waals surface area contributed by atoms with Crippen molar-refractivity contribution in [3.8, 4) is 0 Å². The molecule has 2 atom stereocenters. The van der Waals surface area contributed by atoms with Gasteiger partial charge in [0.05, 0.1) is 33.0 Å². The molecule has 0 aromatic rings. The molecule has 2 fully saturated rings. The minimum atomic E-state index is -0.334. The van der Waals surface area contributed by atoms with E-state index in [1.165, 1.54) is 0 Å². The van der Waals surface area contributed by atoms with Crippen LogP contribution in [0.5, 0.6) is 0 Å². The molecule has 0 saturated carbocycles.